The van der Waals surface area contributed by atoms with Gasteiger partial charge in [-0.15, -0.1) is 0 Å². The molecule has 1 aliphatic rings. The standard InChI is InChI=1S/C19H11Cl3F6N2O2/c20-10-4-9(5-11(21)6-10)17(19(26,27)28)7-14(30-32-17)12-2-1-3-13(16(12)22)29-15(31)8-18(23,24)25/h1-6H,7-8H2,(H,29,31)/p-1. The molecule has 3 rings (SSSR count). The van der Waals surface area contributed by atoms with Gasteiger partial charge in [-0.25, -0.2) is 0 Å². The average molecular weight is 519 g/mol. The van der Waals surface area contributed by atoms with E-state index in [0.717, 1.165) is 18.2 Å². The van der Waals surface area contributed by atoms with E-state index < -0.39 is 42.3 Å². The maximum Gasteiger partial charge on any atom is 0.435 e. The Balaban J connectivity index is 2.00. The number of aliphatic imine (C=N–C) groups is 1. The molecule has 172 valence electrons. The van der Waals surface area contributed by atoms with Crippen LogP contribution in [0.4, 0.5) is 32.0 Å². The van der Waals surface area contributed by atoms with Crippen molar-refractivity contribution in [3.8, 4) is 0 Å². The minimum absolute atomic E-state index is 0.0600. The van der Waals surface area contributed by atoms with E-state index in [-0.39, 0.29) is 32.0 Å². The summed E-state index contributed by atoms with van der Waals surface area (Å²) >= 11 is 17.8. The number of rotatable bonds is 4. The van der Waals surface area contributed by atoms with Crippen molar-refractivity contribution in [1.29, 1.82) is 0 Å². The fourth-order valence-electron chi connectivity index (χ4n) is 3.01. The van der Waals surface area contributed by atoms with Crippen LogP contribution in [0.3, 0.4) is 0 Å². The molecule has 0 aromatic heterocycles. The molecule has 0 N–H and O–H groups in total. The van der Waals surface area contributed by atoms with Crippen molar-refractivity contribution in [3.05, 3.63) is 62.6 Å². The van der Waals surface area contributed by atoms with Gasteiger partial charge in [-0.05, 0) is 30.2 Å². The molecular weight excluding hydrogens is 509 g/mol. The summed E-state index contributed by atoms with van der Waals surface area (Å²) in [5.41, 5.74) is -4.04. The van der Waals surface area contributed by atoms with Gasteiger partial charge in [0.15, 0.2) is 0 Å². The fraction of sp³-hybridized carbons (Fsp3) is 0.263. The predicted molar refractivity (Wildman–Crippen MR) is 106 cm³/mol. The lowest BCUT2D eigenvalue weighted by molar-refractivity contribution is -0.275. The van der Waals surface area contributed by atoms with Crippen LogP contribution in [0.2, 0.25) is 15.1 Å². The van der Waals surface area contributed by atoms with Crippen LogP contribution in [0.5, 0.6) is 0 Å². The Morgan fingerprint density at radius 2 is 1.69 bits per heavy atom. The molecule has 0 saturated carbocycles. The topological polar surface area (TPSA) is 57.0 Å². The highest BCUT2D eigenvalue weighted by molar-refractivity contribution is 6.37. The van der Waals surface area contributed by atoms with Gasteiger partial charge in [0.1, 0.15) is 0 Å². The Hall–Kier alpha value is -2.17. The first-order valence-corrected chi connectivity index (χ1v) is 9.74. The Kier molecular flexibility index (Phi) is 6.61. The number of alkyl halides is 6. The zero-order chi connectivity index (χ0) is 23.9. The molecule has 0 aliphatic carbocycles. The molecule has 0 fully saturated rings. The first-order chi connectivity index (χ1) is 14.7. The monoisotopic (exact) mass is 517 g/mol. The van der Waals surface area contributed by atoms with E-state index in [2.05, 4.69) is 10.1 Å². The number of benzene rings is 2. The van der Waals surface area contributed by atoms with E-state index in [1.807, 2.05) is 0 Å². The van der Waals surface area contributed by atoms with Crippen LogP contribution < -0.4 is 5.11 Å². The summed E-state index contributed by atoms with van der Waals surface area (Å²) in [6.07, 6.45) is -12.4. The van der Waals surface area contributed by atoms with Gasteiger partial charge in [0.25, 0.3) is 5.60 Å². The highest BCUT2D eigenvalue weighted by atomic mass is 35.5. The summed E-state index contributed by atoms with van der Waals surface area (Å²) < 4.78 is 79.4. The van der Waals surface area contributed by atoms with Crippen LogP contribution in [0.1, 0.15) is 24.0 Å². The first kappa shape index (κ1) is 24.5. The Morgan fingerprint density at radius 3 is 2.25 bits per heavy atom. The molecule has 1 atom stereocenters. The molecule has 32 heavy (non-hydrogen) atoms. The average Bonchev–Trinajstić information content (AvgIpc) is 3.07. The molecule has 2 aromatic rings. The van der Waals surface area contributed by atoms with Crippen LogP contribution in [0, 0.1) is 0 Å². The quantitative estimate of drug-likeness (QED) is 0.261. The molecule has 13 heteroatoms. The van der Waals surface area contributed by atoms with Crippen molar-refractivity contribution in [2.75, 3.05) is 0 Å². The van der Waals surface area contributed by atoms with Gasteiger partial charge >= 0.3 is 12.4 Å². The van der Waals surface area contributed by atoms with Crippen molar-refractivity contribution in [2.45, 2.75) is 30.8 Å². The maximum atomic E-state index is 14.1. The van der Waals surface area contributed by atoms with E-state index in [4.69, 9.17) is 39.6 Å². The fourth-order valence-corrected chi connectivity index (χ4v) is 3.81. The number of hydrogen-bond acceptors (Lipinski definition) is 4. The smallest absolute Gasteiger partial charge is 0.435 e. The summed E-state index contributed by atoms with van der Waals surface area (Å²) in [7, 11) is 0. The zero-order valence-electron chi connectivity index (χ0n) is 15.5. The van der Waals surface area contributed by atoms with Crippen molar-refractivity contribution < 1.29 is 36.3 Å². The van der Waals surface area contributed by atoms with E-state index in [1.165, 1.54) is 18.2 Å². The highest BCUT2D eigenvalue weighted by Crippen LogP contribution is 2.50. The number of nitrogens with zero attached hydrogens (tertiary/aromatic N) is 2. The molecule has 0 spiro atoms. The Morgan fingerprint density at radius 1 is 1.06 bits per heavy atom. The summed E-state index contributed by atoms with van der Waals surface area (Å²) in [5, 5.41) is 14.6. The van der Waals surface area contributed by atoms with Gasteiger partial charge < -0.3 is 9.94 Å². The largest absolute Gasteiger partial charge is 0.861 e. The predicted octanol–water partition coefficient (Wildman–Crippen LogP) is 6.57. The van der Waals surface area contributed by atoms with Crippen LogP contribution in [-0.2, 0) is 10.4 Å². The van der Waals surface area contributed by atoms with E-state index in [0.29, 0.717) is 0 Å². The third-order valence-electron chi connectivity index (χ3n) is 4.40. The zero-order valence-corrected chi connectivity index (χ0v) is 17.8. The highest BCUT2D eigenvalue weighted by Gasteiger charge is 2.62. The van der Waals surface area contributed by atoms with E-state index in [1.54, 1.807) is 0 Å². The second-order valence-corrected chi connectivity index (χ2v) is 7.98. The van der Waals surface area contributed by atoms with Crippen LogP contribution in [-0.4, -0.2) is 24.0 Å². The minimum atomic E-state index is -4.95. The number of halogens is 9. The van der Waals surface area contributed by atoms with Crippen LogP contribution >= 0.6 is 34.8 Å². The second kappa shape index (κ2) is 8.64. The molecule has 0 saturated heterocycles. The second-order valence-electron chi connectivity index (χ2n) is 6.73. The summed E-state index contributed by atoms with van der Waals surface area (Å²) in [5.74, 6) is -1.51. The van der Waals surface area contributed by atoms with E-state index in [9.17, 15) is 31.4 Å². The lowest BCUT2D eigenvalue weighted by Crippen LogP contribution is -2.42. The van der Waals surface area contributed by atoms with Crippen LogP contribution in [0.15, 0.2) is 46.5 Å². The maximum absolute atomic E-state index is 14.1. The van der Waals surface area contributed by atoms with Gasteiger partial charge in [-0.3, -0.25) is 4.99 Å². The molecule has 1 aliphatic heterocycles. The van der Waals surface area contributed by atoms with Gasteiger partial charge in [-0.2, -0.15) is 26.3 Å². The normalized spacial score (nSPS) is 19.7. The lowest BCUT2D eigenvalue weighted by atomic mass is 9.86. The number of hydrogen-bond donors (Lipinski definition) is 0. The minimum Gasteiger partial charge on any atom is -0.861 e. The van der Waals surface area contributed by atoms with Crippen molar-refractivity contribution >= 4 is 52.1 Å². The van der Waals surface area contributed by atoms with Crippen molar-refractivity contribution in [3.63, 3.8) is 0 Å². The SMILES string of the molecule is [O-]C(CC(F)(F)F)=Nc1cccc(C2=NOC(c3cc(Cl)cc(Cl)c3)(C(F)(F)F)C2)c1Cl. The molecule has 1 unspecified atom stereocenters. The molecule has 1 heterocycles. The lowest BCUT2D eigenvalue weighted by Gasteiger charge is -2.29. The Labute approximate surface area is 192 Å². The molecule has 2 aromatic carbocycles. The summed E-state index contributed by atoms with van der Waals surface area (Å²) in [4.78, 5) is 8.15. The summed E-state index contributed by atoms with van der Waals surface area (Å²) in [6.45, 7) is 0. The molecule has 0 amide bonds. The van der Waals surface area contributed by atoms with Gasteiger partial charge in [0.05, 0.1) is 29.3 Å². The van der Waals surface area contributed by atoms with Gasteiger partial charge in [-0.1, -0.05) is 52.1 Å². The van der Waals surface area contributed by atoms with Gasteiger partial charge in [0, 0.05) is 21.2 Å². The van der Waals surface area contributed by atoms with E-state index >= 15 is 0 Å². The molecule has 0 radical (unpaired) electrons. The third kappa shape index (κ3) is 5.07. The van der Waals surface area contributed by atoms with Crippen molar-refractivity contribution in [2.24, 2.45) is 10.1 Å². The third-order valence-corrected chi connectivity index (χ3v) is 5.23. The van der Waals surface area contributed by atoms with Crippen LogP contribution in [0.25, 0.3) is 0 Å². The Bertz CT molecular complexity index is 1080. The number of oxime groups is 1. The van der Waals surface area contributed by atoms with Crippen molar-refractivity contribution in [1.82, 2.24) is 0 Å². The molecule has 4 nitrogen and oxygen atoms in total. The van der Waals surface area contributed by atoms with Gasteiger partial charge in [0.2, 0.25) is 0 Å². The molecule has 0 bridgehead atoms. The summed E-state index contributed by atoms with van der Waals surface area (Å²) in [6, 6.07) is 6.98. The first-order valence-electron chi connectivity index (χ1n) is 8.60. The molecular formula is C19H10Cl3F6N2O2-.